The number of fused-ring (bicyclic) bond motifs is 1. The van der Waals surface area contributed by atoms with Gasteiger partial charge in [-0.25, -0.2) is 4.68 Å². The third-order valence-corrected chi connectivity index (χ3v) is 6.25. The van der Waals surface area contributed by atoms with Crippen molar-refractivity contribution in [3.63, 3.8) is 0 Å². The van der Waals surface area contributed by atoms with Gasteiger partial charge < -0.3 is 9.87 Å². The zero-order valence-corrected chi connectivity index (χ0v) is 18.9. The molecule has 0 fully saturated rings. The molecule has 4 aromatic rings. The monoisotopic (exact) mass is 445 g/mol. The van der Waals surface area contributed by atoms with Crippen LogP contribution in [0.15, 0.2) is 76.4 Å². The molecular formula is C25H23N3O3S. The predicted octanol–water partition coefficient (Wildman–Crippen LogP) is 4.77. The smallest absolute Gasteiger partial charge is 0.291 e. The van der Waals surface area contributed by atoms with E-state index in [1.54, 1.807) is 30.5 Å². The van der Waals surface area contributed by atoms with Gasteiger partial charge in [-0.1, -0.05) is 36.4 Å². The average molecular weight is 446 g/mol. The quantitative estimate of drug-likeness (QED) is 0.341. The highest BCUT2D eigenvalue weighted by molar-refractivity contribution is 7.90. The lowest BCUT2D eigenvalue weighted by Crippen LogP contribution is -2.28. The summed E-state index contributed by atoms with van der Waals surface area (Å²) < 4.78 is 13.1. The maximum absolute atomic E-state index is 13.2. The number of ketones is 1. The van der Waals surface area contributed by atoms with Crippen LogP contribution in [0.4, 0.5) is 11.4 Å². The fraction of sp³-hybridized carbons (Fsp3) is 0.160. The van der Waals surface area contributed by atoms with E-state index in [2.05, 4.69) is 10.4 Å². The summed E-state index contributed by atoms with van der Waals surface area (Å²) in [6.45, 7) is 3.61. The highest BCUT2D eigenvalue weighted by Gasteiger charge is 2.22. The Labute approximate surface area is 189 Å². The first-order valence-corrected chi connectivity index (χ1v) is 11.8. The summed E-state index contributed by atoms with van der Waals surface area (Å²) in [4.78, 5) is 26.7. The first kappa shape index (κ1) is 21.8. The van der Waals surface area contributed by atoms with Crippen LogP contribution < -0.4 is 10.9 Å². The molecule has 1 atom stereocenters. The number of hydrogen-bond acceptors (Lipinski definition) is 5. The van der Waals surface area contributed by atoms with Gasteiger partial charge in [-0.15, -0.1) is 0 Å². The van der Waals surface area contributed by atoms with Gasteiger partial charge in [0, 0.05) is 23.2 Å². The second-order valence-corrected chi connectivity index (χ2v) is 8.79. The summed E-state index contributed by atoms with van der Waals surface area (Å²) >= 11 is -1.12. The molecule has 1 N–H and O–H groups in total. The number of carbonyl (C=O) groups is 1. The normalized spacial score (nSPS) is 12.0. The van der Waals surface area contributed by atoms with E-state index in [0.29, 0.717) is 22.7 Å². The summed E-state index contributed by atoms with van der Waals surface area (Å²) in [6.07, 6.45) is 1.61. The molecule has 0 saturated heterocycles. The summed E-state index contributed by atoms with van der Waals surface area (Å²) in [5.74, 6) is -0.265. The van der Waals surface area contributed by atoms with E-state index in [0.717, 1.165) is 16.5 Å². The molecule has 7 heteroatoms. The van der Waals surface area contributed by atoms with Crippen LogP contribution in [-0.4, -0.2) is 26.4 Å². The molecule has 0 radical (unpaired) electrons. The Morgan fingerprint density at radius 3 is 2.41 bits per heavy atom. The molecule has 32 heavy (non-hydrogen) atoms. The molecule has 0 spiro atoms. The standard InChI is InChI=1S/C25H23N3O3S/c1-4-28-25(30)24(26-21-11-7-9-17-8-5-6-10-20(17)21)22(16(2)29)23(27-28)18-12-14-19(15-13-18)32(3)31/h5-15,26H,4H2,1-3H3. The highest BCUT2D eigenvalue weighted by atomic mass is 32.2. The third kappa shape index (κ3) is 4.04. The number of aromatic nitrogens is 2. The maximum Gasteiger partial charge on any atom is 0.291 e. The molecule has 0 bridgehead atoms. The lowest BCUT2D eigenvalue weighted by Gasteiger charge is -2.17. The molecule has 6 nitrogen and oxygen atoms in total. The number of nitrogens with zero attached hydrogens (tertiary/aromatic N) is 2. The van der Waals surface area contributed by atoms with Crippen LogP contribution in [0.1, 0.15) is 24.2 Å². The highest BCUT2D eigenvalue weighted by Crippen LogP contribution is 2.31. The van der Waals surface area contributed by atoms with Gasteiger partial charge in [0.1, 0.15) is 17.6 Å². The SMILES string of the molecule is CCn1nc(-c2ccc([S+](C)[O-])cc2)c(C(C)=O)c(Nc2cccc3ccccc23)c1=O. The van der Waals surface area contributed by atoms with E-state index >= 15 is 0 Å². The Bertz CT molecular complexity index is 1360. The molecule has 1 unspecified atom stereocenters. The van der Waals surface area contributed by atoms with Crippen LogP contribution in [0.25, 0.3) is 22.0 Å². The molecular weight excluding hydrogens is 422 g/mol. The molecule has 3 aromatic carbocycles. The van der Waals surface area contributed by atoms with Gasteiger partial charge in [-0.2, -0.15) is 5.10 Å². The largest absolute Gasteiger partial charge is 0.612 e. The minimum absolute atomic E-state index is 0.198. The van der Waals surface area contributed by atoms with Gasteiger partial charge in [0.25, 0.3) is 5.56 Å². The van der Waals surface area contributed by atoms with Gasteiger partial charge in [0.2, 0.25) is 0 Å². The van der Waals surface area contributed by atoms with Crippen LogP contribution in [-0.2, 0) is 17.7 Å². The van der Waals surface area contributed by atoms with E-state index in [9.17, 15) is 14.1 Å². The molecule has 1 aromatic heterocycles. The second-order valence-electron chi connectivity index (χ2n) is 7.41. The van der Waals surface area contributed by atoms with Crippen LogP contribution in [0.3, 0.4) is 0 Å². The Morgan fingerprint density at radius 2 is 1.75 bits per heavy atom. The summed E-state index contributed by atoms with van der Waals surface area (Å²) in [5.41, 5.74) is 1.89. The van der Waals surface area contributed by atoms with Crippen molar-refractivity contribution in [2.24, 2.45) is 0 Å². The van der Waals surface area contributed by atoms with Gasteiger partial charge in [-0.05, 0) is 60.7 Å². The van der Waals surface area contributed by atoms with E-state index in [-0.39, 0.29) is 22.6 Å². The Balaban J connectivity index is 1.94. The minimum Gasteiger partial charge on any atom is -0.612 e. The van der Waals surface area contributed by atoms with Gasteiger partial charge in [0.15, 0.2) is 10.7 Å². The molecule has 1 heterocycles. The first-order valence-electron chi connectivity index (χ1n) is 10.3. The molecule has 0 saturated carbocycles. The summed E-state index contributed by atoms with van der Waals surface area (Å²) in [6, 6.07) is 20.7. The number of carbonyl (C=O) groups excluding carboxylic acids is 1. The molecule has 162 valence electrons. The minimum atomic E-state index is -1.12. The van der Waals surface area contributed by atoms with Gasteiger partial charge >= 0.3 is 0 Å². The van der Waals surface area contributed by atoms with Crippen molar-refractivity contribution in [3.05, 3.63) is 82.6 Å². The first-order chi connectivity index (χ1) is 15.4. The number of hydrogen-bond donors (Lipinski definition) is 1. The predicted molar refractivity (Wildman–Crippen MR) is 129 cm³/mol. The van der Waals surface area contributed by atoms with Crippen molar-refractivity contribution in [2.75, 3.05) is 11.6 Å². The molecule has 4 rings (SSSR count). The molecule has 0 aliphatic carbocycles. The lowest BCUT2D eigenvalue weighted by atomic mass is 10.0. The van der Waals surface area contributed by atoms with Crippen LogP contribution in [0.5, 0.6) is 0 Å². The maximum atomic E-state index is 13.2. The topological polar surface area (TPSA) is 87.0 Å². The van der Waals surface area contributed by atoms with Crippen molar-refractivity contribution >= 4 is 39.1 Å². The second kappa shape index (κ2) is 8.98. The zero-order valence-electron chi connectivity index (χ0n) is 18.1. The van der Waals surface area contributed by atoms with E-state index < -0.39 is 11.2 Å². The molecule has 0 amide bonds. The van der Waals surface area contributed by atoms with Crippen LogP contribution >= 0.6 is 0 Å². The van der Waals surface area contributed by atoms with E-state index in [1.807, 2.05) is 49.4 Å². The van der Waals surface area contributed by atoms with Crippen molar-refractivity contribution in [3.8, 4) is 11.3 Å². The fourth-order valence-corrected chi connectivity index (χ4v) is 4.24. The lowest BCUT2D eigenvalue weighted by molar-refractivity contribution is 0.101. The van der Waals surface area contributed by atoms with Crippen molar-refractivity contribution < 1.29 is 9.35 Å². The van der Waals surface area contributed by atoms with Gasteiger partial charge in [0.05, 0.1) is 5.56 Å². The summed E-state index contributed by atoms with van der Waals surface area (Å²) in [5, 5.41) is 9.69. The van der Waals surface area contributed by atoms with Crippen molar-refractivity contribution in [2.45, 2.75) is 25.3 Å². The Kier molecular flexibility index (Phi) is 6.12. The number of benzene rings is 3. The van der Waals surface area contributed by atoms with E-state index in [1.165, 1.54) is 11.6 Å². The van der Waals surface area contributed by atoms with Crippen LogP contribution in [0, 0.1) is 0 Å². The average Bonchev–Trinajstić information content (AvgIpc) is 2.80. The van der Waals surface area contributed by atoms with Crippen LogP contribution in [0.2, 0.25) is 0 Å². The Hall–Kier alpha value is -3.42. The van der Waals surface area contributed by atoms with Gasteiger partial charge in [-0.3, -0.25) is 9.59 Å². The number of rotatable bonds is 6. The third-order valence-electron chi connectivity index (χ3n) is 5.32. The van der Waals surface area contributed by atoms with E-state index in [4.69, 9.17) is 0 Å². The summed E-state index contributed by atoms with van der Waals surface area (Å²) in [7, 11) is 0. The van der Waals surface area contributed by atoms with Crippen molar-refractivity contribution in [1.29, 1.82) is 0 Å². The fourth-order valence-electron chi connectivity index (χ4n) is 3.72. The zero-order chi connectivity index (χ0) is 22.8. The number of aryl methyl sites for hydroxylation is 1. The number of Topliss-reactive ketones (excluding diaryl/α,β-unsaturated/α-hetero) is 1. The van der Waals surface area contributed by atoms with Crippen molar-refractivity contribution in [1.82, 2.24) is 9.78 Å². The number of anilines is 2. The Morgan fingerprint density at radius 1 is 1.06 bits per heavy atom. The molecule has 0 aliphatic heterocycles. The molecule has 0 aliphatic rings. The number of nitrogens with one attached hydrogen (secondary N) is 1.